The largest absolute Gasteiger partial charge is 0.446 e. The highest BCUT2D eigenvalue weighted by Crippen LogP contribution is 2.24. The maximum atomic E-state index is 8.33. The molecule has 0 atom stereocenters. The second kappa shape index (κ2) is 19.4. The molecule has 0 heterocycles. The molecule has 51 heavy (non-hydrogen) atoms. The number of hydrogen-bond acceptors (Lipinski definition) is 1. The standard InChI is InChI=1S/C48H70OSi2/c1-13-33-25-29-45(41(21-9)37(33)17-5)50(46-30-26-34(14-2)38(18-6)42(46)22-10)49-51(47-31-27-35(15-3)39(19-7)43(47)23-11)48-32-28-36(16-4)40(20-8)44(48)24-12/h25-32,50-51H,13-24H2,1-12H3. The van der Waals surface area contributed by atoms with Gasteiger partial charge in [0.2, 0.25) is 18.1 Å². The van der Waals surface area contributed by atoms with Gasteiger partial charge in [0.15, 0.2) is 0 Å². The number of benzene rings is 4. The molecular weight excluding hydrogens is 649 g/mol. The van der Waals surface area contributed by atoms with Crippen LogP contribution in [0.3, 0.4) is 0 Å². The van der Waals surface area contributed by atoms with Crippen LogP contribution in [0.2, 0.25) is 0 Å². The second-order valence-corrected chi connectivity index (χ2v) is 19.3. The lowest BCUT2D eigenvalue weighted by molar-refractivity contribution is 0.630. The van der Waals surface area contributed by atoms with Gasteiger partial charge in [-0.05, 0) is 165 Å². The van der Waals surface area contributed by atoms with Crippen molar-refractivity contribution in [1.29, 1.82) is 0 Å². The van der Waals surface area contributed by atoms with Crippen LogP contribution >= 0.6 is 0 Å². The van der Waals surface area contributed by atoms with E-state index in [2.05, 4.69) is 132 Å². The van der Waals surface area contributed by atoms with Gasteiger partial charge in [0.25, 0.3) is 0 Å². The first kappa shape index (κ1) is 41.0. The van der Waals surface area contributed by atoms with Gasteiger partial charge in [-0.25, -0.2) is 0 Å². The topological polar surface area (TPSA) is 9.23 Å². The summed E-state index contributed by atoms with van der Waals surface area (Å²) in [5.74, 6) is 0. The Hall–Kier alpha value is -2.73. The van der Waals surface area contributed by atoms with Crippen LogP contribution in [-0.4, -0.2) is 18.1 Å². The van der Waals surface area contributed by atoms with E-state index < -0.39 is 18.1 Å². The molecule has 0 saturated heterocycles. The van der Waals surface area contributed by atoms with Crippen molar-refractivity contribution in [3.8, 4) is 0 Å². The molecule has 1 nitrogen and oxygen atoms in total. The summed E-state index contributed by atoms with van der Waals surface area (Å²) in [5.41, 5.74) is 18.6. The Labute approximate surface area is 317 Å². The fourth-order valence-electron chi connectivity index (χ4n) is 9.54. The summed E-state index contributed by atoms with van der Waals surface area (Å²) in [5, 5.41) is 6.12. The third-order valence-electron chi connectivity index (χ3n) is 12.0. The van der Waals surface area contributed by atoms with Crippen LogP contribution in [0.1, 0.15) is 150 Å². The Kier molecular flexibility index (Phi) is 15.6. The first-order chi connectivity index (χ1) is 24.8. The summed E-state index contributed by atoms with van der Waals surface area (Å²) >= 11 is 0. The van der Waals surface area contributed by atoms with E-state index in [9.17, 15) is 0 Å². The van der Waals surface area contributed by atoms with Crippen LogP contribution < -0.4 is 20.7 Å². The predicted molar refractivity (Wildman–Crippen MR) is 232 cm³/mol. The van der Waals surface area contributed by atoms with Crippen LogP contribution in [0.15, 0.2) is 48.5 Å². The minimum absolute atomic E-state index is 1.05. The molecule has 4 aromatic carbocycles. The van der Waals surface area contributed by atoms with E-state index in [4.69, 9.17) is 4.12 Å². The second-order valence-electron chi connectivity index (χ2n) is 14.2. The van der Waals surface area contributed by atoms with E-state index in [1.165, 1.54) is 43.0 Å². The van der Waals surface area contributed by atoms with Crippen LogP contribution in [0.25, 0.3) is 0 Å². The molecule has 0 unspecified atom stereocenters. The molecule has 4 rings (SSSR count). The molecule has 0 aliphatic heterocycles. The first-order valence-corrected chi connectivity index (χ1v) is 24.2. The lowest BCUT2D eigenvalue weighted by Crippen LogP contribution is -2.59. The average molecular weight is 719 g/mol. The van der Waals surface area contributed by atoms with Crippen molar-refractivity contribution in [2.45, 2.75) is 160 Å². The van der Waals surface area contributed by atoms with Gasteiger partial charge >= 0.3 is 0 Å². The summed E-state index contributed by atoms with van der Waals surface area (Å²) < 4.78 is 8.33. The summed E-state index contributed by atoms with van der Waals surface area (Å²) in [4.78, 5) is 0. The number of hydrogen-bond donors (Lipinski definition) is 0. The lowest BCUT2D eigenvalue weighted by atomic mass is 9.95. The van der Waals surface area contributed by atoms with Crippen molar-refractivity contribution in [2.75, 3.05) is 0 Å². The predicted octanol–water partition coefficient (Wildman–Crippen LogP) is 8.83. The maximum absolute atomic E-state index is 8.33. The van der Waals surface area contributed by atoms with Crippen molar-refractivity contribution in [2.24, 2.45) is 0 Å². The molecule has 0 aromatic heterocycles. The van der Waals surface area contributed by atoms with Crippen LogP contribution in [0.5, 0.6) is 0 Å². The van der Waals surface area contributed by atoms with E-state index in [0.29, 0.717) is 0 Å². The smallest absolute Gasteiger partial charge is 0.229 e. The highest BCUT2D eigenvalue weighted by atomic mass is 28.4. The van der Waals surface area contributed by atoms with Crippen LogP contribution in [-0.2, 0) is 81.2 Å². The molecule has 0 radical (unpaired) electrons. The molecule has 3 heteroatoms. The van der Waals surface area contributed by atoms with Crippen molar-refractivity contribution < 1.29 is 4.12 Å². The van der Waals surface area contributed by atoms with Gasteiger partial charge in [-0.3, -0.25) is 0 Å². The molecule has 0 N–H and O–H groups in total. The quantitative estimate of drug-likeness (QED) is 0.0935. The molecular formula is C48H70OSi2. The molecule has 0 spiro atoms. The summed E-state index contributed by atoms with van der Waals surface area (Å²) in [6.45, 7) is 28.3. The molecule has 276 valence electrons. The van der Waals surface area contributed by atoms with Gasteiger partial charge in [-0.1, -0.05) is 132 Å². The Morgan fingerprint density at radius 2 is 0.471 bits per heavy atom. The average Bonchev–Trinajstić information content (AvgIpc) is 3.18. The molecule has 0 amide bonds. The van der Waals surface area contributed by atoms with Crippen molar-refractivity contribution in [1.82, 2.24) is 0 Å². The Morgan fingerprint density at radius 3 is 0.627 bits per heavy atom. The van der Waals surface area contributed by atoms with Gasteiger partial charge in [-0.15, -0.1) is 0 Å². The Morgan fingerprint density at radius 1 is 0.275 bits per heavy atom. The zero-order valence-corrected chi connectivity index (χ0v) is 37.0. The zero-order chi connectivity index (χ0) is 37.2. The monoisotopic (exact) mass is 718 g/mol. The highest BCUT2D eigenvalue weighted by Gasteiger charge is 2.34. The summed E-state index contributed by atoms with van der Waals surface area (Å²) in [7, 11) is -4.40. The highest BCUT2D eigenvalue weighted by molar-refractivity contribution is 6.92. The van der Waals surface area contributed by atoms with Gasteiger partial charge < -0.3 is 4.12 Å². The minimum Gasteiger partial charge on any atom is -0.446 e. The SMILES string of the molecule is CCc1ccc([SiH](O[SiH](c2ccc(CC)c(CC)c2CC)c2ccc(CC)c(CC)c2CC)c2ccc(CC)c(CC)c2CC)c(CC)c1CC. The molecule has 0 bridgehead atoms. The van der Waals surface area contributed by atoms with Crippen LogP contribution in [0.4, 0.5) is 0 Å². The van der Waals surface area contributed by atoms with E-state index >= 15 is 0 Å². The summed E-state index contributed by atoms with van der Waals surface area (Å²) in [6.07, 6.45) is 12.9. The lowest BCUT2D eigenvalue weighted by Gasteiger charge is -2.33. The maximum Gasteiger partial charge on any atom is 0.229 e. The molecule has 0 aliphatic rings. The first-order valence-electron chi connectivity index (χ1n) is 21.0. The molecule has 0 saturated carbocycles. The van der Waals surface area contributed by atoms with Gasteiger partial charge in [0, 0.05) is 0 Å². The molecule has 0 fully saturated rings. The van der Waals surface area contributed by atoms with Gasteiger partial charge in [-0.2, -0.15) is 0 Å². The van der Waals surface area contributed by atoms with E-state index in [1.807, 2.05) is 0 Å². The Bertz CT molecular complexity index is 1510. The van der Waals surface area contributed by atoms with E-state index in [1.54, 1.807) is 44.5 Å². The van der Waals surface area contributed by atoms with Crippen molar-refractivity contribution in [3.05, 3.63) is 115 Å². The number of rotatable bonds is 18. The van der Waals surface area contributed by atoms with Crippen molar-refractivity contribution in [3.63, 3.8) is 0 Å². The van der Waals surface area contributed by atoms with Gasteiger partial charge in [0.1, 0.15) is 0 Å². The zero-order valence-electron chi connectivity index (χ0n) is 34.7. The minimum atomic E-state index is -2.20. The fourth-order valence-corrected chi connectivity index (χ4v) is 17.5. The Balaban J connectivity index is 2.19. The van der Waals surface area contributed by atoms with Gasteiger partial charge in [0.05, 0.1) is 0 Å². The fraction of sp³-hybridized carbons (Fsp3) is 0.500. The van der Waals surface area contributed by atoms with E-state index in [-0.39, 0.29) is 0 Å². The third-order valence-corrected chi connectivity index (χ3v) is 18.6. The molecule has 0 aliphatic carbocycles. The van der Waals surface area contributed by atoms with Crippen molar-refractivity contribution >= 4 is 38.8 Å². The summed E-state index contributed by atoms with van der Waals surface area (Å²) in [6, 6.07) is 19.9. The van der Waals surface area contributed by atoms with Crippen LogP contribution in [0, 0.1) is 0 Å². The third kappa shape index (κ3) is 8.11. The van der Waals surface area contributed by atoms with E-state index in [0.717, 1.165) is 77.0 Å². The number of aryl methyl sites for hydroxylation is 4. The normalized spacial score (nSPS) is 11.7. The molecule has 4 aromatic rings.